The monoisotopic (exact) mass is 259 g/mol. The summed E-state index contributed by atoms with van der Waals surface area (Å²) in [5.74, 6) is 2.51. The summed E-state index contributed by atoms with van der Waals surface area (Å²) in [6, 6.07) is 8.50. The number of benzene rings is 1. The van der Waals surface area contributed by atoms with Gasteiger partial charge < -0.3 is 10.1 Å². The number of hydrogen-bond donors (Lipinski definition) is 1. The molecule has 2 heteroatoms. The fourth-order valence-electron chi connectivity index (χ4n) is 3.24. The predicted octanol–water partition coefficient (Wildman–Crippen LogP) is 3.58. The van der Waals surface area contributed by atoms with E-state index >= 15 is 0 Å². The molecule has 1 aromatic carbocycles. The van der Waals surface area contributed by atoms with Crippen molar-refractivity contribution in [2.45, 2.75) is 39.0 Å². The van der Waals surface area contributed by atoms with E-state index in [0.717, 1.165) is 31.2 Å². The molecule has 3 rings (SSSR count). The van der Waals surface area contributed by atoms with Crippen LogP contribution in [0, 0.1) is 11.3 Å². The second-order valence-corrected chi connectivity index (χ2v) is 6.52. The van der Waals surface area contributed by atoms with Gasteiger partial charge in [0.25, 0.3) is 0 Å². The molecule has 1 aromatic rings. The summed E-state index contributed by atoms with van der Waals surface area (Å²) in [6.45, 7) is 7.86. The summed E-state index contributed by atoms with van der Waals surface area (Å²) in [5.41, 5.74) is 1.99. The third-order valence-corrected chi connectivity index (χ3v) is 5.07. The average molecular weight is 259 g/mol. The zero-order valence-corrected chi connectivity index (χ0v) is 12.1. The lowest BCUT2D eigenvalue weighted by Crippen LogP contribution is -2.32. The van der Waals surface area contributed by atoms with Crippen LogP contribution in [0.15, 0.2) is 24.3 Å². The van der Waals surface area contributed by atoms with Crippen LogP contribution in [0.2, 0.25) is 0 Å². The summed E-state index contributed by atoms with van der Waals surface area (Å²) >= 11 is 0. The molecule has 0 saturated heterocycles. The van der Waals surface area contributed by atoms with Crippen LogP contribution in [-0.4, -0.2) is 19.7 Å². The summed E-state index contributed by atoms with van der Waals surface area (Å²) in [5, 5.41) is 3.72. The topological polar surface area (TPSA) is 21.3 Å². The number of ether oxygens (including phenoxy) is 1. The standard InChI is InChI=1S/C17H25NO/c1-13(2)17(8-9-17)12-18-11-14-7-10-19-16-6-4-3-5-15(14)16/h3-6,13-14,18H,7-12H2,1-2H3. The van der Waals surface area contributed by atoms with Gasteiger partial charge >= 0.3 is 0 Å². The Bertz CT molecular complexity index is 437. The normalized spacial score (nSPS) is 23.8. The van der Waals surface area contributed by atoms with E-state index < -0.39 is 0 Å². The van der Waals surface area contributed by atoms with Gasteiger partial charge in [-0.3, -0.25) is 0 Å². The van der Waals surface area contributed by atoms with Crippen LogP contribution in [0.25, 0.3) is 0 Å². The first-order chi connectivity index (χ1) is 9.21. The number of nitrogens with one attached hydrogen (secondary N) is 1. The molecule has 0 amide bonds. The van der Waals surface area contributed by atoms with Crippen LogP contribution in [0.4, 0.5) is 0 Å². The lowest BCUT2D eigenvalue weighted by Gasteiger charge is -2.27. The first kappa shape index (κ1) is 13.0. The predicted molar refractivity (Wildman–Crippen MR) is 78.7 cm³/mol. The highest BCUT2D eigenvalue weighted by molar-refractivity contribution is 5.37. The minimum atomic E-state index is 0.602. The Balaban J connectivity index is 1.57. The summed E-state index contributed by atoms with van der Waals surface area (Å²) in [6.07, 6.45) is 3.95. The number of hydrogen-bond acceptors (Lipinski definition) is 2. The maximum Gasteiger partial charge on any atom is 0.122 e. The van der Waals surface area contributed by atoms with Gasteiger partial charge in [0.05, 0.1) is 6.61 Å². The molecular formula is C17H25NO. The van der Waals surface area contributed by atoms with Gasteiger partial charge in [-0.2, -0.15) is 0 Å². The molecule has 1 fully saturated rings. The van der Waals surface area contributed by atoms with Crippen molar-refractivity contribution >= 4 is 0 Å². The van der Waals surface area contributed by atoms with E-state index in [0.29, 0.717) is 11.3 Å². The molecule has 0 aromatic heterocycles. The van der Waals surface area contributed by atoms with Crippen LogP contribution in [0.5, 0.6) is 5.75 Å². The largest absolute Gasteiger partial charge is 0.493 e. The molecule has 104 valence electrons. The second-order valence-electron chi connectivity index (χ2n) is 6.52. The molecule has 1 saturated carbocycles. The van der Waals surface area contributed by atoms with Gasteiger partial charge in [0, 0.05) is 19.0 Å². The molecule has 2 aliphatic rings. The van der Waals surface area contributed by atoms with Gasteiger partial charge in [-0.15, -0.1) is 0 Å². The number of fused-ring (bicyclic) bond motifs is 1. The molecule has 0 radical (unpaired) electrons. The van der Waals surface area contributed by atoms with E-state index in [1.54, 1.807) is 0 Å². The minimum absolute atomic E-state index is 0.602. The van der Waals surface area contributed by atoms with Crippen molar-refractivity contribution in [2.75, 3.05) is 19.7 Å². The Morgan fingerprint density at radius 2 is 2.11 bits per heavy atom. The number of rotatable bonds is 5. The van der Waals surface area contributed by atoms with Crippen molar-refractivity contribution in [3.63, 3.8) is 0 Å². The lowest BCUT2D eigenvalue weighted by molar-refractivity contribution is 0.259. The molecule has 1 aliphatic carbocycles. The molecule has 1 heterocycles. The van der Waals surface area contributed by atoms with E-state index in [2.05, 4.69) is 43.4 Å². The van der Waals surface area contributed by atoms with E-state index in [-0.39, 0.29) is 0 Å². The molecule has 19 heavy (non-hydrogen) atoms. The van der Waals surface area contributed by atoms with Crippen molar-refractivity contribution in [1.29, 1.82) is 0 Å². The maximum absolute atomic E-state index is 5.72. The van der Waals surface area contributed by atoms with Crippen molar-refractivity contribution in [3.05, 3.63) is 29.8 Å². The highest BCUT2D eigenvalue weighted by Crippen LogP contribution is 2.51. The fourth-order valence-corrected chi connectivity index (χ4v) is 3.24. The van der Waals surface area contributed by atoms with E-state index in [9.17, 15) is 0 Å². The van der Waals surface area contributed by atoms with Gasteiger partial charge in [-0.05, 0) is 42.2 Å². The maximum atomic E-state index is 5.72. The Morgan fingerprint density at radius 1 is 1.32 bits per heavy atom. The zero-order valence-electron chi connectivity index (χ0n) is 12.1. The van der Waals surface area contributed by atoms with Crippen LogP contribution in [0.3, 0.4) is 0 Å². The van der Waals surface area contributed by atoms with Gasteiger partial charge in [-0.25, -0.2) is 0 Å². The molecule has 0 bridgehead atoms. The first-order valence-corrected chi connectivity index (χ1v) is 7.64. The molecule has 0 spiro atoms. The van der Waals surface area contributed by atoms with Crippen molar-refractivity contribution in [1.82, 2.24) is 5.32 Å². The second kappa shape index (κ2) is 5.16. The van der Waals surface area contributed by atoms with Crippen molar-refractivity contribution in [2.24, 2.45) is 11.3 Å². The number of para-hydroxylation sites is 1. The molecule has 1 unspecified atom stereocenters. The van der Waals surface area contributed by atoms with Crippen LogP contribution >= 0.6 is 0 Å². The van der Waals surface area contributed by atoms with E-state index in [4.69, 9.17) is 4.74 Å². The average Bonchev–Trinajstić information content (AvgIpc) is 3.20. The van der Waals surface area contributed by atoms with Crippen molar-refractivity contribution in [3.8, 4) is 5.75 Å². The third-order valence-electron chi connectivity index (χ3n) is 5.07. The Morgan fingerprint density at radius 3 is 2.84 bits per heavy atom. The van der Waals surface area contributed by atoms with E-state index in [1.807, 2.05) is 0 Å². The SMILES string of the molecule is CC(C)C1(CNCC2CCOc3ccccc32)CC1. The molecule has 1 N–H and O–H groups in total. The van der Waals surface area contributed by atoms with Gasteiger partial charge in [0.1, 0.15) is 5.75 Å². The van der Waals surface area contributed by atoms with Gasteiger partial charge in [0.15, 0.2) is 0 Å². The molecule has 1 aliphatic heterocycles. The molecular weight excluding hydrogens is 234 g/mol. The highest BCUT2D eigenvalue weighted by atomic mass is 16.5. The molecule has 1 atom stereocenters. The zero-order chi connectivity index (χ0) is 13.3. The summed E-state index contributed by atoms with van der Waals surface area (Å²) in [4.78, 5) is 0. The van der Waals surface area contributed by atoms with Gasteiger partial charge in [0.2, 0.25) is 0 Å². The lowest BCUT2D eigenvalue weighted by atomic mass is 9.90. The smallest absolute Gasteiger partial charge is 0.122 e. The summed E-state index contributed by atoms with van der Waals surface area (Å²) < 4.78 is 5.72. The van der Waals surface area contributed by atoms with Crippen LogP contribution < -0.4 is 10.1 Å². The van der Waals surface area contributed by atoms with Crippen LogP contribution in [0.1, 0.15) is 44.6 Å². The summed E-state index contributed by atoms with van der Waals surface area (Å²) in [7, 11) is 0. The fraction of sp³-hybridized carbons (Fsp3) is 0.647. The quantitative estimate of drug-likeness (QED) is 0.872. The Labute approximate surface area is 116 Å². The Kier molecular flexibility index (Phi) is 3.53. The van der Waals surface area contributed by atoms with Crippen molar-refractivity contribution < 1.29 is 4.74 Å². The van der Waals surface area contributed by atoms with Gasteiger partial charge in [-0.1, -0.05) is 32.0 Å². The third kappa shape index (κ3) is 2.64. The first-order valence-electron chi connectivity index (χ1n) is 7.64. The molecule has 2 nitrogen and oxygen atoms in total. The Hall–Kier alpha value is -1.02. The van der Waals surface area contributed by atoms with E-state index in [1.165, 1.54) is 24.9 Å². The minimum Gasteiger partial charge on any atom is -0.493 e. The van der Waals surface area contributed by atoms with Crippen LogP contribution in [-0.2, 0) is 0 Å². The highest BCUT2D eigenvalue weighted by Gasteiger charge is 2.44.